The van der Waals surface area contributed by atoms with Gasteiger partial charge in [0.2, 0.25) is 0 Å². The van der Waals surface area contributed by atoms with Crippen LogP contribution in [0.25, 0.3) is 22.1 Å². The molecule has 2 aromatic carbocycles. The van der Waals surface area contributed by atoms with Gasteiger partial charge in [-0.3, -0.25) is 0 Å². The molecule has 0 amide bonds. The molecule has 0 radical (unpaired) electrons. The highest BCUT2D eigenvalue weighted by Gasteiger charge is 2.15. The van der Waals surface area contributed by atoms with Crippen molar-refractivity contribution in [1.29, 1.82) is 0 Å². The summed E-state index contributed by atoms with van der Waals surface area (Å²) in [4.78, 5) is 77.8. The highest BCUT2D eigenvalue weighted by molar-refractivity contribution is 6.28. The van der Waals surface area contributed by atoms with Crippen LogP contribution >= 0.6 is 0 Å². The van der Waals surface area contributed by atoms with E-state index in [1.165, 1.54) is 36.8 Å². The third-order valence-electron chi connectivity index (χ3n) is 7.64. The van der Waals surface area contributed by atoms with E-state index in [-0.39, 0.29) is 0 Å². The molecule has 4 aromatic heterocycles. The normalized spacial score (nSPS) is 11.1. The van der Waals surface area contributed by atoms with E-state index >= 15 is 0 Å². The maximum Gasteiger partial charge on any atom is 0.414 e. The number of aliphatic carboxylic acids is 6. The van der Waals surface area contributed by atoms with E-state index in [1.54, 1.807) is 12.7 Å². The lowest BCUT2D eigenvalue weighted by Crippen LogP contribution is -2.09. The Hall–Kier alpha value is -7.38. The molecule has 4 heterocycles. The number of nitrogens with zero attached hydrogens (tertiary/aromatic N) is 6. The minimum Gasteiger partial charge on any atom is -0.473 e. The molecule has 0 aliphatic heterocycles. The van der Waals surface area contributed by atoms with Crippen LogP contribution in [0.4, 0.5) is 0 Å². The van der Waals surface area contributed by atoms with Crippen molar-refractivity contribution in [1.82, 2.24) is 39.0 Å². The first-order valence-electron chi connectivity index (χ1n) is 16.9. The summed E-state index contributed by atoms with van der Waals surface area (Å²) in [7, 11) is 0. The lowest BCUT2D eigenvalue weighted by Gasteiger charge is -2.18. The van der Waals surface area contributed by atoms with E-state index < -0.39 is 35.8 Å². The second-order valence-electron chi connectivity index (χ2n) is 11.5. The molecule has 2 atom stereocenters. The molecule has 56 heavy (non-hydrogen) atoms. The Morgan fingerprint density at radius 1 is 0.571 bits per heavy atom. The van der Waals surface area contributed by atoms with Crippen LogP contribution < -0.4 is 0 Å². The van der Waals surface area contributed by atoms with Crippen LogP contribution in [-0.4, -0.2) is 105 Å². The second-order valence-corrected chi connectivity index (χ2v) is 11.5. The van der Waals surface area contributed by atoms with Gasteiger partial charge in [-0.05, 0) is 48.2 Å². The van der Waals surface area contributed by atoms with E-state index in [4.69, 9.17) is 59.4 Å². The lowest BCUT2D eigenvalue weighted by molar-refractivity contribution is -0.159. The summed E-state index contributed by atoms with van der Waals surface area (Å²) in [6, 6.07) is 13.6. The fraction of sp³-hybridized carbons (Fsp3) is 0.278. The van der Waals surface area contributed by atoms with Crippen LogP contribution in [-0.2, 0) is 28.8 Å². The van der Waals surface area contributed by atoms with Gasteiger partial charge in [-0.2, -0.15) is 0 Å². The topological polar surface area (TPSA) is 317 Å². The van der Waals surface area contributed by atoms with Crippen LogP contribution in [0, 0.1) is 0 Å². The zero-order chi connectivity index (χ0) is 41.6. The molecule has 0 saturated heterocycles. The number of unbranched alkanes of at least 4 members (excludes halogenated alkanes) is 2. The number of carboxylic acid groups (broad SMARTS) is 6. The number of nitrogens with one attached hydrogen (secondary N) is 2. The number of fused-ring (bicyclic) bond motifs is 2. The average molecular weight is 779 g/mol. The Kier molecular flexibility index (Phi) is 18.6. The van der Waals surface area contributed by atoms with Gasteiger partial charge in [-0.15, -0.1) is 0 Å². The molecular formula is C36H42N8O12. The van der Waals surface area contributed by atoms with Crippen LogP contribution in [0.15, 0.2) is 86.5 Å². The Morgan fingerprint density at radius 3 is 1.18 bits per heavy atom. The first kappa shape index (κ1) is 44.8. The Labute approximate surface area is 318 Å². The molecule has 0 fully saturated rings. The van der Waals surface area contributed by atoms with Gasteiger partial charge in [0.1, 0.15) is 0 Å². The molecule has 6 aromatic rings. The number of benzene rings is 2. The van der Waals surface area contributed by atoms with Crippen molar-refractivity contribution in [2.75, 3.05) is 0 Å². The molecular weight excluding hydrogens is 736 g/mol. The summed E-state index contributed by atoms with van der Waals surface area (Å²) in [5.41, 5.74) is 6.84. The lowest BCUT2D eigenvalue weighted by atomic mass is 10.0. The van der Waals surface area contributed by atoms with Crippen molar-refractivity contribution in [2.45, 2.75) is 64.5 Å². The molecule has 8 N–H and O–H groups in total. The van der Waals surface area contributed by atoms with Crippen LogP contribution in [0.2, 0.25) is 0 Å². The van der Waals surface area contributed by atoms with Crippen molar-refractivity contribution < 1.29 is 59.4 Å². The van der Waals surface area contributed by atoms with Gasteiger partial charge in [-0.25, -0.2) is 48.7 Å². The third kappa shape index (κ3) is 14.9. The second kappa shape index (κ2) is 23.3. The molecule has 6 rings (SSSR count). The number of imidazole rings is 4. The van der Waals surface area contributed by atoms with Crippen molar-refractivity contribution in [2.24, 2.45) is 0 Å². The van der Waals surface area contributed by atoms with Crippen molar-refractivity contribution in [3.05, 3.63) is 97.6 Å². The zero-order valence-corrected chi connectivity index (χ0v) is 30.3. The number of hydrogen-bond acceptors (Lipinski definition) is 10. The third-order valence-corrected chi connectivity index (χ3v) is 7.64. The summed E-state index contributed by atoms with van der Waals surface area (Å²) in [6.45, 7) is 4.45. The summed E-state index contributed by atoms with van der Waals surface area (Å²) < 4.78 is 4.38. The Morgan fingerprint density at radius 2 is 0.911 bits per heavy atom. The van der Waals surface area contributed by atoms with Gasteiger partial charge in [-0.1, -0.05) is 51.7 Å². The Balaban J connectivity index is 0.000000273. The predicted octanol–water partition coefficient (Wildman–Crippen LogP) is 4.54. The van der Waals surface area contributed by atoms with Gasteiger partial charge >= 0.3 is 35.8 Å². The molecule has 0 saturated carbocycles. The standard InChI is InChI=1S/2C15H18N4.3C2H2O4/c2*1-2-3-4-15(19-8-7-16-11-19)12-5-6-13-14(9-12)18-10-17-13;3*3-1(4)2(5)6/h2*5-11,15H,2-4H2,1H3,(H,17,18);3*(H,3,4)(H,5,6). The summed E-state index contributed by atoms with van der Waals surface area (Å²) in [6.07, 6.45) is 22.1. The van der Waals surface area contributed by atoms with E-state index in [9.17, 15) is 0 Å². The zero-order valence-electron chi connectivity index (χ0n) is 30.3. The van der Waals surface area contributed by atoms with E-state index in [0.717, 1.165) is 34.9 Å². The highest BCUT2D eigenvalue weighted by Crippen LogP contribution is 2.27. The van der Waals surface area contributed by atoms with Crippen LogP contribution in [0.1, 0.15) is 75.6 Å². The molecule has 0 aliphatic rings. The summed E-state index contributed by atoms with van der Waals surface area (Å²) in [5, 5.41) is 44.3. The van der Waals surface area contributed by atoms with Crippen LogP contribution in [0.3, 0.4) is 0 Å². The monoisotopic (exact) mass is 778 g/mol. The first-order chi connectivity index (χ1) is 26.7. The molecule has 0 aliphatic carbocycles. The number of hydrogen-bond donors (Lipinski definition) is 8. The molecule has 2 unspecified atom stereocenters. The minimum atomic E-state index is -1.82. The fourth-order valence-electron chi connectivity index (χ4n) is 5.00. The van der Waals surface area contributed by atoms with E-state index in [2.05, 4.69) is 89.3 Å². The molecule has 0 bridgehead atoms. The summed E-state index contributed by atoms with van der Waals surface area (Å²) >= 11 is 0. The van der Waals surface area contributed by atoms with Gasteiger partial charge in [0.25, 0.3) is 0 Å². The van der Waals surface area contributed by atoms with Gasteiger partial charge in [0, 0.05) is 24.8 Å². The fourth-order valence-corrected chi connectivity index (χ4v) is 5.00. The van der Waals surface area contributed by atoms with E-state index in [1.807, 2.05) is 37.4 Å². The van der Waals surface area contributed by atoms with Crippen molar-refractivity contribution in [3.63, 3.8) is 0 Å². The number of carboxylic acids is 6. The smallest absolute Gasteiger partial charge is 0.414 e. The van der Waals surface area contributed by atoms with Crippen molar-refractivity contribution in [3.8, 4) is 0 Å². The minimum absolute atomic E-state index is 0.357. The number of rotatable bonds is 10. The average Bonchev–Trinajstić information content (AvgIpc) is 4.01. The predicted molar refractivity (Wildman–Crippen MR) is 198 cm³/mol. The number of H-pyrrole nitrogens is 2. The summed E-state index contributed by atoms with van der Waals surface area (Å²) in [5.74, 6) is -10.9. The molecule has 20 heteroatoms. The maximum atomic E-state index is 9.10. The molecule has 0 spiro atoms. The Bertz CT molecular complexity index is 1930. The largest absolute Gasteiger partial charge is 0.473 e. The quantitative estimate of drug-likeness (QED) is 0.0885. The van der Waals surface area contributed by atoms with E-state index in [0.29, 0.717) is 12.1 Å². The molecule has 298 valence electrons. The SMILES string of the molecule is CCCCC(c1ccc2nc[nH]c2c1)n1ccnc1.CCCCC(c1ccc2nc[nH]c2c1)n1ccnc1.O=C(O)C(=O)O.O=C(O)C(=O)O.O=C(O)C(=O)O. The van der Waals surface area contributed by atoms with Crippen molar-refractivity contribution >= 4 is 57.9 Å². The number of carbonyl (C=O) groups is 6. The number of aromatic nitrogens is 8. The van der Waals surface area contributed by atoms with Gasteiger partial charge < -0.3 is 49.7 Å². The van der Waals surface area contributed by atoms with Gasteiger partial charge in [0.05, 0.1) is 59.5 Å². The molecule has 20 nitrogen and oxygen atoms in total. The first-order valence-corrected chi connectivity index (χ1v) is 16.9. The number of aromatic amines is 2. The highest BCUT2D eigenvalue weighted by atomic mass is 16.5. The maximum absolute atomic E-state index is 9.10. The van der Waals surface area contributed by atoms with Gasteiger partial charge in [0.15, 0.2) is 0 Å². The van der Waals surface area contributed by atoms with Crippen LogP contribution in [0.5, 0.6) is 0 Å².